The second-order valence-corrected chi connectivity index (χ2v) is 8.26. The van der Waals surface area contributed by atoms with Crippen LogP contribution in [0.15, 0.2) is 41.8 Å². The molecule has 2 aromatic rings. The molecule has 3 rings (SSSR count). The Bertz CT molecular complexity index is 792. The summed E-state index contributed by atoms with van der Waals surface area (Å²) >= 11 is 1.36. The maximum absolute atomic E-state index is 13.2. The number of thiophene rings is 1. The molecule has 1 saturated heterocycles. The Labute approximate surface area is 169 Å². The van der Waals surface area contributed by atoms with Gasteiger partial charge in [-0.2, -0.15) is 0 Å². The fraction of sp³-hybridized carbons (Fsp3) is 0.429. The lowest BCUT2D eigenvalue weighted by Gasteiger charge is -2.29. The average molecular weight is 404 g/mol. The molecule has 1 aliphatic rings. The van der Waals surface area contributed by atoms with Gasteiger partial charge in [0.2, 0.25) is 5.91 Å². The number of rotatable bonds is 5. The van der Waals surface area contributed by atoms with E-state index in [2.05, 4.69) is 10.2 Å². The van der Waals surface area contributed by atoms with Gasteiger partial charge in [-0.15, -0.1) is 11.3 Å². The number of carbonyl (C=O) groups is 2. The van der Waals surface area contributed by atoms with Gasteiger partial charge in [0.15, 0.2) is 0 Å². The van der Waals surface area contributed by atoms with E-state index in [1.165, 1.54) is 23.5 Å². The molecule has 0 bridgehead atoms. The van der Waals surface area contributed by atoms with Crippen LogP contribution >= 0.6 is 11.3 Å². The Balaban J connectivity index is 1.64. The number of hydrogen-bond donors (Lipinski definition) is 1. The van der Waals surface area contributed by atoms with E-state index in [1.807, 2.05) is 30.2 Å². The molecule has 0 spiro atoms. The second-order valence-electron chi connectivity index (χ2n) is 7.31. The van der Waals surface area contributed by atoms with E-state index in [4.69, 9.17) is 0 Å². The van der Waals surface area contributed by atoms with Crippen LogP contribution in [0.5, 0.6) is 0 Å². The fourth-order valence-electron chi connectivity index (χ4n) is 3.38. The molecule has 5 nitrogen and oxygen atoms in total. The number of benzene rings is 1. The van der Waals surface area contributed by atoms with Crippen molar-refractivity contribution in [2.75, 3.05) is 31.1 Å². The van der Waals surface area contributed by atoms with Crippen molar-refractivity contribution in [1.82, 2.24) is 10.2 Å². The molecular weight excluding hydrogens is 377 g/mol. The summed E-state index contributed by atoms with van der Waals surface area (Å²) in [6.07, 6.45) is 0.826. The number of amides is 2. The summed E-state index contributed by atoms with van der Waals surface area (Å²) in [5.74, 6) is -0.504. The maximum Gasteiger partial charge on any atom is 0.262 e. The molecule has 0 saturated carbocycles. The van der Waals surface area contributed by atoms with E-state index in [0.717, 1.165) is 18.7 Å². The van der Waals surface area contributed by atoms with Crippen LogP contribution in [0.25, 0.3) is 0 Å². The van der Waals surface area contributed by atoms with Gasteiger partial charge in [-0.3, -0.25) is 9.59 Å². The standard InChI is InChI=1S/C21H26FN3O2S/c1-15(2)19(23-20(26)18-5-3-14-28-18)21(27)25-11-4-10-24(12-13-25)17-8-6-16(22)7-9-17/h3,5-9,14-15,19H,4,10-13H2,1-2H3,(H,23,26). The van der Waals surface area contributed by atoms with E-state index >= 15 is 0 Å². The smallest absolute Gasteiger partial charge is 0.262 e. The van der Waals surface area contributed by atoms with Gasteiger partial charge in [0.1, 0.15) is 11.9 Å². The maximum atomic E-state index is 13.2. The average Bonchev–Trinajstić information content (AvgIpc) is 3.11. The Kier molecular flexibility index (Phi) is 6.67. The zero-order chi connectivity index (χ0) is 20.1. The van der Waals surface area contributed by atoms with E-state index < -0.39 is 6.04 Å². The van der Waals surface area contributed by atoms with Crippen LogP contribution in [0.3, 0.4) is 0 Å². The molecule has 1 aliphatic heterocycles. The SMILES string of the molecule is CC(C)C(NC(=O)c1cccs1)C(=O)N1CCCN(c2ccc(F)cc2)CC1. The minimum Gasteiger partial charge on any atom is -0.370 e. The van der Waals surface area contributed by atoms with Crippen molar-refractivity contribution >= 4 is 28.8 Å². The third kappa shape index (κ3) is 4.90. The lowest BCUT2D eigenvalue weighted by molar-refractivity contribution is -0.134. The Hall–Kier alpha value is -2.41. The summed E-state index contributed by atoms with van der Waals surface area (Å²) in [4.78, 5) is 30.2. The van der Waals surface area contributed by atoms with Crippen LogP contribution in [0.2, 0.25) is 0 Å². The highest BCUT2D eigenvalue weighted by molar-refractivity contribution is 7.12. The topological polar surface area (TPSA) is 52.7 Å². The molecule has 28 heavy (non-hydrogen) atoms. The Morgan fingerprint density at radius 1 is 1.07 bits per heavy atom. The molecule has 7 heteroatoms. The molecule has 2 amide bonds. The van der Waals surface area contributed by atoms with Gasteiger partial charge in [0, 0.05) is 31.9 Å². The van der Waals surface area contributed by atoms with Gasteiger partial charge in [0.05, 0.1) is 4.88 Å². The van der Waals surface area contributed by atoms with E-state index in [1.54, 1.807) is 18.2 Å². The summed E-state index contributed by atoms with van der Waals surface area (Å²) in [7, 11) is 0. The van der Waals surface area contributed by atoms with Crippen molar-refractivity contribution in [3.8, 4) is 0 Å². The van der Waals surface area contributed by atoms with Gasteiger partial charge >= 0.3 is 0 Å². The van der Waals surface area contributed by atoms with Gasteiger partial charge in [-0.1, -0.05) is 19.9 Å². The zero-order valence-corrected chi connectivity index (χ0v) is 17.0. The molecular formula is C21H26FN3O2S. The lowest BCUT2D eigenvalue weighted by atomic mass is 10.0. The van der Waals surface area contributed by atoms with Crippen molar-refractivity contribution in [3.05, 3.63) is 52.5 Å². The summed E-state index contributed by atoms with van der Waals surface area (Å²) in [6.45, 7) is 6.60. The molecule has 0 radical (unpaired) electrons. The third-order valence-electron chi connectivity index (χ3n) is 4.96. The normalized spacial score (nSPS) is 16.0. The van der Waals surface area contributed by atoms with Crippen molar-refractivity contribution in [2.45, 2.75) is 26.3 Å². The monoisotopic (exact) mass is 403 g/mol. The highest BCUT2D eigenvalue weighted by Gasteiger charge is 2.30. The Morgan fingerprint density at radius 2 is 1.82 bits per heavy atom. The van der Waals surface area contributed by atoms with E-state index in [0.29, 0.717) is 24.5 Å². The zero-order valence-electron chi connectivity index (χ0n) is 16.2. The minimum atomic E-state index is -0.549. The second kappa shape index (κ2) is 9.19. The predicted octanol–water partition coefficient (Wildman–Crippen LogP) is 3.38. The first kappa shape index (κ1) is 20.3. The van der Waals surface area contributed by atoms with Gasteiger partial charge in [0.25, 0.3) is 5.91 Å². The molecule has 2 heterocycles. The molecule has 150 valence electrons. The van der Waals surface area contributed by atoms with Gasteiger partial charge in [-0.25, -0.2) is 4.39 Å². The lowest BCUT2D eigenvalue weighted by Crippen LogP contribution is -2.51. The van der Waals surface area contributed by atoms with Crippen molar-refractivity contribution < 1.29 is 14.0 Å². The van der Waals surface area contributed by atoms with E-state index in [9.17, 15) is 14.0 Å². The highest BCUT2D eigenvalue weighted by Crippen LogP contribution is 2.18. The predicted molar refractivity (Wildman–Crippen MR) is 110 cm³/mol. The van der Waals surface area contributed by atoms with Crippen molar-refractivity contribution in [1.29, 1.82) is 0 Å². The third-order valence-corrected chi connectivity index (χ3v) is 5.83. The van der Waals surface area contributed by atoms with Crippen LogP contribution in [-0.2, 0) is 4.79 Å². The van der Waals surface area contributed by atoms with Crippen LogP contribution < -0.4 is 10.2 Å². The molecule has 0 aliphatic carbocycles. The molecule has 1 unspecified atom stereocenters. The number of hydrogen-bond acceptors (Lipinski definition) is 4. The number of nitrogens with zero attached hydrogens (tertiary/aromatic N) is 2. The summed E-state index contributed by atoms with van der Waals surface area (Å²) in [5.41, 5.74) is 0.960. The largest absolute Gasteiger partial charge is 0.370 e. The van der Waals surface area contributed by atoms with Crippen LogP contribution in [-0.4, -0.2) is 48.9 Å². The number of halogens is 1. The first-order chi connectivity index (χ1) is 13.5. The van der Waals surface area contributed by atoms with Crippen LogP contribution in [0.1, 0.15) is 29.9 Å². The molecule has 1 N–H and O–H groups in total. The number of nitrogens with one attached hydrogen (secondary N) is 1. The molecule has 1 aromatic heterocycles. The first-order valence-electron chi connectivity index (χ1n) is 9.59. The minimum absolute atomic E-state index is 0.00660. The van der Waals surface area contributed by atoms with Gasteiger partial charge in [-0.05, 0) is 48.1 Å². The van der Waals surface area contributed by atoms with Crippen LogP contribution in [0, 0.1) is 11.7 Å². The quantitative estimate of drug-likeness (QED) is 0.833. The fourth-order valence-corrected chi connectivity index (χ4v) is 4.01. The van der Waals surface area contributed by atoms with Gasteiger partial charge < -0.3 is 15.1 Å². The van der Waals surface area contributed by atoms with Crippen molar-refractivity contribution in [3.63, 3.8) is 0 Å². The molecule has 1 fully saturated rings. The molecule has 1 aromatic carbocycles. The van der Waals surface area contributed by atoms with Crippen LogP contribution in [0.4, 0.5) is 10.1 Å². The molecule has 1 atom stereocenters. The number of anilines is 1. The number of carbonyl (C=O) groups excluding carboxylic acids is 2. The summed E-state index contributed by atoms with van der Waals surface area (Å²) in [5, 5.41) is 4.76. The van der Waals surface area contributed by atoms with E-state index in [-0.39, 0.29) is 23.5 Å². The summed E-state index contributed by atoms with van der Waals surface area (Å²) in [6, 6.07) is 9.48. The highest BCUT2D eigenvalue weighted by atomic mass is 32.1. The summed E-state index contributed by atoms with van der Waals surface area (Å²) < 4.78 is 13.2. The van der Waals surface area contributed by atoms with Crippen molar-refractivity contribution in [2.24, 2.45) is 5.92 Å². The Morgan fingerprint density at radius 3 is 2.46 bits per heavy atom. The first-order valence-corrected chi connectivity index (χ1v) is 10.5.